The van der Waals surface area contributed by atoms with E-state index in [9.17, 15) is 71.0 Å². The standard InChI is InChI=1S/C22H15F15O/c1-15(38,14-9-5-8-13(10-14)12-6-3-2-4-7-12)11-16(23,24)17(25,26)18(27,28)19(29,30)20(31,32)21(33,34)22(35,36)37/h2-10,38H,11H2,1H3. The van der Waals surface area contributed by atoms with E-state index in [0.717, 1.165) is 18.2 Å². The molecule has 0 aliphatic heterocycles. The molecule has 214 valence electrons. The summed E-state index contributed by atoms with van der Waals surface area (Å²) in [6.45, 7) is 0.337. The zero-order valence-corrected chi connectivity index (χ0v) is 18.5. The summed E-state index contributed by atoms with van der Waals surface area (Å²) in [5.41, 5.74) is -3.43. The third kappa shape index (κ3) is 4.79. The van der Waals surface area contributed by atoms with Gasteiger partial charge in [0.2, 0.25) is 0 Å². The maximum Gasteiger partial charge on any atom is 0.460 e. The molecule has 0 radical (unpaired) electrons. The zero-order chi connectivity index (χ0) is 29.8. The first-order valence-electron chi connectivity index (χ1n) is 10.00. The lowest BCUT2D eigenvalue weighted by Crippen LogP contribution is -2.72. The maximum atomic E-state index is 14.4. The Labute approximate surface area is 203 Å². The van der Waals surface area contributed by atoms with Crippen molar-refractivity contribution < 1.29 is 71.0 Å². The van der Waals surface area contributed by atoms with Gasteiger partial charge >= 0.3 is 41.7 Å². The normalized spacial score (nSPS) is 16.3. The SMILES string of the molecule is CC(O)(CC(F)(F)C(F)(F)C(F)(F)C(F)(F)C(F)(F)C(F)(F)C(F)(F)F)c1cccc(-c2ccccc2)c1. The highest BCUT2D eigenvalue weighted by molar-refractivity contribution is 5.64. The van der Waals surface area contributed by atoms with Crippen LogP contribution in [0.3, 0.4) is 0 Å². The van der Waals surface area contributed by atoms with Gasteiger partial charge in [0.25, 0.3) is 0 Å². The van der Waals surface area contributed by atoms with Crippen LogP contribution in [0, 0.1) is 0 Å². The Morgan fingerprint density at radius 3 is 1.42 bits per heavy atom. The van der Waals surface area contributed by atoms with Crippen molar-refractivity contribution in [1.29, 1.82) is 0 Å². The van der Waals surface area contributed by atoms with Gasteiger partial charge in [0.15, 0.2) is 0 Å². The van der Waals surface area contributed by atoms with Crippen LogP contribution < -0.4 is 0 Å². The molecule has 2 aromatic rings. The highest BCUT2D eigenvalue weighted by atomic mass is 19.4. The molecule has 0 bridgehead atoms. The second-order valence-corrected chi connectivity index (χ2v) is 8.47. The molecule has 0 saturated heterocycles. The van der Waals surface area contributed by atoms with Gasteiger partial charge in [-0.3, -0.25) is 0 Å². The van der Waals surface area contributed by atoms with E-state index in [0.29, 0.717) is 12.5 Å². The summed E-state index contributed by atoms with van der Waals surface area (Å²) in [6.07, 6.45) is -10.5. The highest BCUT2D eigenvalue weighted by Gasteiger charge is 2.93. The summed E-state index contributed by atoms with van der Waals surface area (Å²) in [6, 6.07) is 11.7. The quantitative estimate of drug-likeness (QED) is 0.296. The van der Waals surface area contributed by atoms with E-state index < -0.39 is 59.3 Å². The van der Waals surface area contributed by atoms with Crippen molar-refractivity contribution in [2.45, 2.75) is 60.7 Å². The molecule has 0 spiro atoms. The van der Waals surface area contributed by atoms with Gasteiger partial charge in [-0.1, -0.05) is 48.5 Å². The number of aliphatic hydroxyl groups is 1. The van der Waals surface area contributed by atoms with Crippen LogP contribution in [-0.2, 0) is 5.60 Å². The van der Waals surface area contributed by atoms with E-state index in [4.69, 9.17) is 0 Å². The number of rotatable bonds is 9. The minimum Gasteiger partial charge on any atom is -0.385 e. The van der Waals surface area contributed by atoms with E-state index in [-0.39, 0.29) is 5.56 Å². The average Bonchev–Trinajstić information content (AvgIpc) is 2.77. The highest BCUT2D eigenvalue weighted by Crippen LogP contribution is 2.63. The molecule has 2 rings (SSSR count). The molecule has 0 aromatic heterocycles. The minimum atomic E-state index is -8.37. The zero-order valence-electron chi connectivity index (χ0n) is 18.5. The van der Waals surface area contributed by atoms with Crippen LogP contribution in [0.4, 0.5) is 65.9 Å². The van der Waals surface area contributed by atoms with Crippen molar-refractivity contribution in [3.05, 3.63) is 60.2 Å². The number of halogens is 15. The molecule has 1 nitrogen and oxygen atoms in total. The molecule has 0 aliphatic rings. The summed E-state index contributed by atoms with van der Waals surface area (Å²) in [4.78, 5) is 0. The summed E-state index contributed by atoms with van der Waals surface area (Å²) in [7, 11) is 0. The lowest BCUT2D eigenvalue weighted by molar-refractivity contribution is -0.453. The first-order chi connectivity index (χ1) is 16.8. The number of hydrogen-bond donors (Lipinski definition) is 1. The molecule has 0 aliphatic carbocycles. The van der Waals surface area contributed by atoms with E-state index >= 15 is 0 Å². The lowest BCUT2D eigenvalue weighted by Gasteiger charge is -2.42. The summed E-state index contributed by atoms with van der Waals surface area (Å²) in [5, 5.41) is 10.4. The maximum absolute atomic E-state index is 14.4. The van der Waals surface area contributed by atoms with E-state index in [2.05, 4.69) is 0 Å². The molecule has 1 N–H and O–H groups in total. The van der Waals surface area contributed by atoms with Gasteiger partial charge in [0, 0.05) is 0 Å². The Hall–Kier alpha value is -2.65. The molecular formula is C22H15F15O. The van der Waals surface area contributed by atoms with Gasteiger partial charge in [0.05, 0.1) is 12.0 Å². The molecule has 38 heavy (non-hydrogen) atoms. The Morgan fingerprint density at radius 1 is 0.526 bits per heavy atom. The van der Waals surface area contributed by atoms with Gasteiger partial charge in [-0.05, 0) is 29.7 Å². The van der Waals surface area contributed by atoms with Gasteiger partial charge in [-0.25, -0.2) is 0 Å². The topological polar surface area (TPSA) is 20.2 Å². The van der Waals surface area contributed by atoms with Gasteiger partial charge in [-0.2, -0.15) is 65.9 Å². The fourth-order valence-corrected chi connectivity index (χ4v) is 3.31. The monoisotopic (exact) mass is 580 g/mol. The van der Waals surface area contributed by atoms with Crippen molar-refractivity contribution in [2.75, 3.05) is 0 Å². The smallest absolute Gasteiger partial charge is 0.385 e. The third-order valence-electron chi connectivity index (χ3n) is 5.55. The summed E-state index contributed by atoms with van der Waals surface area (Å²) < 4.78 is 201. The van der Waals surface area contributed by atoms with E-state index in [1.807, 2.05) is 0 Å². The first-order valence-corrected chi connectivity index (χ1v) is 10.00. The van der Waals surface area contributed by atoms with Gasteiger partial charge in [0.1, 0.15) is 0 Å². The molecule has 0 amide bonds. The van der Waals surface area contributed by atoms with E-state index in [1.54, 1.807) is 6.07 Å². The van der Waals surface area contributed by atoms with Crippen molar-refractivity contribution >= 4 is 0 Å². The predicted molar refractivity (Wildman–Crippen MR) is 102 cm³/mol. The van der Waals surface area contributed by atoms with Gasteiger partial charge < -0.3 is 5.11 Å². The number of hydrogen-bond acceptors (Lipinski definition) is 1. The van der Waals surface area contributed by atoms with Crippen molar-refractivity contribution in [3.63, 3.8) is 0 Å². The molecule has 1 atom stereocenters. The Balaban J connectivity index is 2.51. The van der Waals surface area contributed by atoms with Crippen LogP contribution in [0.15, 0.2) is 54.6 Å². The molecule has 16 heteroatoms. The van der Waals surface area contributed by atoms with Crippen LogP contribution in [0.5, 0.6) is 0 Å². The Morgan fingerprint density at radius 2 is 0.947 bits per heavy atom. The fourth-order valence-electron chi connectivity index (χ4n) is 3.31. The molecule has 0 saturated carbocycles. The van der Waals surface area contributed by atoms with Gasteiger partial charge in [-0.15, -0.1) is 0 Å². The third-order valence-corrected chi connectivity index (χ3v) is 5.55. The molecule has 2 aromatic carbocycles. The molecule has 0 fully saturated rings. The fraction of sp³-hybridized carbons (Fsp3) is 0.455. The number of benzene rings is 2. The van der Waals surface area contributed by atoms with E-state index in [1.165, 1.54) is 30.3 Å². The lowest BCUT2D eigenvalue weighted by atomic mass is 9.83. The van der Waals surface area contributed by atoms with Crippen LogP contribution in [-0.4, -0.2) is 46.8 Å². The van der Waals surface area contributed by atoms with Crippen LogP contribution in [0.1, 0.15) is 18.9 Å². The second kappa shape index (κ2) is 9.23. The molecule has 1 unspecified atom stereocenters. The first kappa shape index (κ1) is 31.6. The second-order valence-electron chi connectivity index (χ2n) is 8.47. The van der Waals surface area contributed by atoms with Crippen molar-refractivity contribution in [3.8, 4) is 11.1 Å². The molecule has 0 heterocycles. The predicted octanol–water partition coefficient (Wildman–Crippen LogP) is 8.33. The van der Waals surface area contributed by atoms with Crippen LogP contribution in [0.2, 0.25) is 0 Å². The number of alkyl halides is 15. The minimum absolute atomic E-state index is 0.157. The summed E-state index contributed by atoms with van der Waals surface area (Å²) >= 11 is 0. The van der Waals surface area contributed by atoms with Crippen LogP contribution >= 0.6 is 0 Å². The van der Waals surface area contributed by atoms with Crippen molar-refractivity contribution in [1.82, 2.24) is 0 Å². The largest absolute Gasteiger partial charge is 0.460 e. The molecular weight excluding hydrogens is 565 g/mol. The van der Waals surface area contributed by atoms with Crippen molar-refractivity contribution in [2.24, 2.45) is 0 Å². The Bertz CT molecular complexity index is 1120. The van der Waals surface area contributed by atoms with Crippen LogP contribution in [0.25, 0.3) is 11.1 Å². The summed E-state index contributed by atoms with van der Waals surface area (Å²) in [5.74, 6) is -47.2. The Kier molecular flexibility index (Phi) is 7.66. The average molecular weight is 580 g/mol.